The fraction of sp³-hybridized carbons (Fsp3) is 0.438. The van der Waals surface area contributed by atoms with E-state index in [0.717, 1.165) is 6.42 Å². The first-order valence-corrected chi connectivity index (χ1v) is 6.89. The summed E-state index contributed by atoms with van der Waals surface area (Å²) in [5.41, 5.74) is 2.23. The van der Waals surface area contributed by atoms with Crippen molar-refractivity contribution in [2.45, 2.75) is 39.5 Å². The minimum absolute atomic E-state index is 0.113. The van der Waals surface area contributed by atoms with E-state index >= 15 is 0 Å². The van der Waals surface area contributed by atoms with Crippen molar-refractivity contribution >= 4 is 5.78 Å². The predicted octanol–water partition coefficient (Wildman–Crippen LogP) is 2.92. The second-order valence-electron chi connectivity index (χ2n) is 6.35. The first-order valence-electron chi connectivity index (χ1n) is 6.89. The van der Waals surface area contributed by atoms with Crippen LogP contribution in [0.3, 0.4) is 0 Å². The Morgan fingerprint density at radius 3 is 2.80 bits per heavy atom. The molecule has 1 aromatic carbocycles. The van der Waals surface area contributed by atoms with Gasteiger partial charge < -0.3 is 4.52 Å². The van der Waals surface area contributed by atoms with Crippen molar-refractivity contribution in [2.24, 2.45) is 5.41 Å². The molecule has 0 amide bonds. The van der Waals surface area contributed by atoms with Crippen LogP contribution in [0.1, 0.15) is 49.5 Å². The maximum absolute atomic E-state index is 12.0. The number of carbonyl (C=O) groups excluding carboxylic acids is 1. The standard InChI is InChI=1S/C16H18N2O2/c1-16(2,3)13(19)9-14-17-15(18-20-14)12-8-10-6-4-5-7-11(10)12/h4-7,12H,8-9H2,1-3H3. The van der Waals surface area contributed by atoms with Crippen molar-refractivity contribution in [3.05, 3.63) is 47.1 Å². The molecule has 1 aliphatic rings. The number of hydrogen-bond donors (Lipinski definition) is 0. The van der Waals surface area contributed by atoms with Crippen LogP contribution in [0.2, 0.25) is 0 Å². The first kappa shape index (κ1) is 13.0. The van der Waals surface area contributed by atoms with Gasteiger partial charge in [0.05, 0.1) is 12.3 Å². The highest BCUT2D eigenvalue weighted by Gasteiger charge is 2.31. The van der Waals surface area contributed by atoms with E-state index in [4.69, 9.17) is 4.52 Å². The minimum Gasteiger partial charge on any atom is -0.339 e. The summed E-state index contributed by atoms with van der Waals surface area (Å²) in [4.78, 5) is 16.4. The molecule has 0 aliphatic heterocycles. The maximum Gasteiger partial charge on any atom is 0.234 e. The molecule has 0 spiro atoms. The van der Waals surface area contributed by atoms with Crippen molar-refractivity contribution in [3.8, 4) is 0 Å². The molecule has 0 bridgehead atoms. The van der Waals surface area contributed by atoms with Gasteiger partial charge in [0.15, 0.2) is 5.82 Å². The highest BCUT2D eigenvalue weighted by atomic mass is 16.5. The predicted molar refractivity (Wildman–Crippen MR) is 74.5 cm³/mol. The Hall–Kier alpha value is -1.97. The summed E-state index contributed by atoms with van der Waals surface area (Å²) in [6.07, 6.45) is 1.16. The number of rotatable bonds is 3. The van der Waals surface area contributed by atoms with Crippen LogP contribution in [0.15, 0.2) is 28.8 Å². The molecule has 0 saturated carbocycles. The van der Waals surface area contributed by atoms with E-state index in [1.165, 1.54) is 11.1 Å². The zero-order valence-corrected chi connectivity index (χ0v) is 12.0. The van der Waals surface area contributed by atoms with Crippen LogP contribution in [-0.4, -0.2) is 15.9 Å². The van der Waals surface area contributed by atoms with Gasteiger partial charge >= 0.3 is 0 Å². The molecule has 20 heavy (non-hydrogen) atoms. The number of ketones is 1. The lowest BCUT2D eigenvalue weighted by atomic mass is 9.77. The van der Waals surface area contributed by atoms with Crippen molar-refractivity contribution in [1.29, 1.82) is 0 Å². The highest BCUT2D eigenvalue weighted by Crippen LogP contribution is 2.38. The quantitative estimate of drug-likeness (QED) is 0.860. The van der Waals surface area contributed by atoms with Gasteiger partial charge in [0.1, 0.15) is 5.78 Å². The van der Waals surface area contributed by atoms with Gasteiger partial charge in [-0.3, -0.25) is 4.79 Å². The fourth-order valence-corrected chi connectivity index (χ4v) is 2.37. The average Bonchev–Trinajstić information content (AvgIpc) is 2.78. The van der Waals surface area contributed by atoms with Crippen LogP contribution in [0.5, 0.6) is 0 Å². The van der Waals surface area contributed by atoms with E-state index in [-0.39, 0.29) is 23.5 Å². The van der Waals surface area contributed by atoms with Crippen LogP contribution in [0.4, 0.5) is 0 Å². The van der Waals surface area contributed by atoms with Crippen LogP contribution in [0.25, 0.3) is 0 Å². The molecule has 1 atom stereocenters. The van der Waals surface area contributed by atoms with Gasteiger partial charge in [-0.1, -0.05) is 50.2 Å². The van der Waals surface area contributed by atoms with Crippen LogP contribution < -0.4 is 0 Å². The number of aromatic nitrogens is 2. The number of Topliss-reactive ketones (excluding diaryl/α,β-unsaturated/α-hetero) is 1. The van der Waals surface area contributed by atoms with Gasteiger partial charge in [-0.25, -0.2) is 0 Å². The van der Waals surface area contributed by atoms with Gasteiger partial charge in [0, 0.05) is 5.41 Å². The van der Waals surface area contributed by atoms with E-state index in [1.54, 1.807) is 0 Å². The molecule has 3 rings (SSSR count). The SMILES string of the molecule is CC(C)(C)C(=O)Cc1nc(C2Cc3ccccc32)no1. The topological polar surface area (TPSA) is 56.0 Å². The number of hydrogen-bond acceptors (Lipinski definition) is 4. The second kappa shape index (κ2) is 4.54. The summed E-state index contributed by atoms with van der Waals surface area (Å²) in [6, 6.07) is 8.28. The molecule has 4 nitrogen and oxygen atoms in total. The van der Waals surface area contributed by atoms with Crippen molar-refractivity contribution in [2.75, 3.05) is 0 Å². The van der Waals surface area contributed by atoms with Gasteiger partial charge in [0.2, 0.25) is 5.89 Å². The monoisotopic (exact) mass is 270 g/mol. The summed E-state index contributed by atoms with van der Waals surface area (Å²) in [7, 11) is 0. The lowest BCUT2D eigenvalue weighted by molar-refractivity contribution is -0.125. The number of fused-ring (bicyclic) bond motifs is 1. The molecule has 4 heteroatoms. The Morgan fingerprint density at radius 2 is 2.10 bits per heavy atom. The molecule has 1 unspecified atom stereocenters. The lowest BCUT2D eigenvalue weighted by Crippen LogP contribution is -2.22. The third-order valence-corrected chi connectivity index (χ3v) is 3.80. The van der Waals surface area contributed by atoms with Gasteiger partial charge in [-0.15, -0.1) is 0 Å². The van der Waals surface area contributed by atoms with E-state index in [2.05, 4.69) is 22.3 Å². The minimum atomic E-state index is -0.377. The number of benzene rings is 1. The zero-order chi connectivity index (χ0) is 14.3. The molecular weight excluding hydrogens is 252 g/mol. The largest absolute Gasteiger partial charge is 0.339 e. The Kier molecular flexibility index (Phi) is 2.96. The smallest absolute Gasteiger partial charge is 0.234 e. The van der Waals surface area contributed by atoms with Gasteiger partial charge in [0.25, 0.3) is 0 Å². The van der Waals surface area contributed by atoms with E-state index in [1.807, 2.05) is 32.9 Å². The third kappa shape index (κ3) is 2.26. The molecule has 0 radical (unpaired) electrons. The second-order valence-corrected chi connectivity index (χ2v) is 6.35. The molecule has 2 aromatic rings. The number of carbonyl (C=O) groups is 1. The summed E-state index contributed by atoms with van der Waals surface area (Å²) in [5.74, 6) is 1.44. The Labute approximate surface area is 118 Å². The molecule has 1 aromatic heterocycles. The lowest BCUT2D eigenvalue weighted by Gasteiger charge is -2.27. The number of nitrogens with zero attached hydrogens (tertiary/aromatic N) is 2. The zero-order valence-electron chi connectivity index (χ0n) is 12.0. The summed E-state index contributed by atoms with van der Waals surface area (Å²) in [6.45, 7) is 5.69. The molecule has 0 N–H and O–H groups in total. The summed E-state index contributed by atoms with van der Waals surface area (Å²) >= 11 is 0. The van der Waals surface area contributed by atoms with Crippen molar-refractivity contribution < 1.29 is 9.32 Å². The molecule has 1 heterocycles. The Morgan fingerprint density at radius 1 is 1.35 bits per heavy atom. The van der Waals surface area contributed by atoms with Gasteiger partial charge in [-0.05, 0) is 17.5 Å². The van der Waals surface area contributed by atoms with Crippen molar-refractivity contribution in [3.63, 3.8) is 0 Å². The van der Waals surface area contributed by atoms with E-state index in [9.17, 15) is 4.79 Å². The van der Waals surface area contributed by atoms with E-state index in [0.29, 0.717) is 11.7 Å². The van der Waals surface area contributed by atoms with E-state index < -0.39 is 0 Å². The molecular formula is C16H18N2O2. The normalized spacial score (nSPS) is 17.4. The molecule has 104 valence electrons. The molecule has 0 fully saturated rings. The molecule has 1 aliphatic carbocycles. The first-order chi connectivity index (χ1) is 9.45. The average molecular weight is 270 g/mol. The van der Waals surface area contributed by atoms with Crippen molar-refractivity contribution in [1.82, 2.24) is 10.1 Å². The highest BCUT2D eigenvalue weighted by molar-refractivity contribution is 5.84. The summed E-state index contributed by atoms with van der Waals surface area (Å²) < 4.78 is 5.22. The third-order valence-electron chi connectivity index (χ3n) is 3.80. The Bertz CT molecular complexity index is 652. The summed E-state index contributed by atoms with van der Waals surface area (Å²) in [5, 5.41) is 4.03. The fourth-order valence-electron chi connectivity index (χ4n) is 2.37. The maximum atomic E-state index is 12.0. The van der Waals surface area contributed by atoms with Gasteiger partial charge in [-0.2, -0.15) is 4.98 Å². The van der Waals surface area contributed by atoms with Crippen LogP contribution in [0, 0.1) is 5.41 Å². The van der Waals surface area contributed by atoms with Crippen LogP contribution >= 0.6 is 0 Å². The molecule has 0 saturated heterocycles. The Balaban J connectivity index is 1.75. The van der Waals surface area contributed by atoms with Crippen LogP contribution in [-0.2, 0) is 17.6 Å².